The number of unbranched alkanes of at least 4 members (excludes halogenated alkanes) is 2. The molecule has 16 heavy (non-hydrogen) atoms. The van der Waals surface area contributed by atoms with Crippen LogP contribution in [0.2, 0.25) is 0 Å². The zero-order valence-corrected chi connectivity index (χ0v) is 11.5. The minimum atomic E-state index is 0.708. The normalized spacial score (nSPS) is 22.7. The van der Waals surface area contributed by atoms with Crippen LogP contribution in [-0.4, -0.2) is 36.6 Å². The Balaban J connectivity index is 2.40. The smallest absolute Gasteiger partial charge is 0.0110 e. The predicted molar refractivity (Wildman–Crippen MR) is 71.9 cm³/mol. The molecule has 1 unspecified atom stereocenters. The van der Waals surface area contributed by atoms with Gasteiger partial charge in [0.25, 0.3) is 0 Å². The van der Waals surface area contributed by atoms with Gasteiger partial charge in [0.15, 0.2) is 0 Å². The molecule has 1 N–H and O–H groups in total. The lowest BCUT2D eigenvalue weighted by molar-refractivity contribution is 0.138. The molecule has 96 valence electrons. The van der Waals surface area contributed by atoms with E-state index < -0.39 is 0 Å². The summed E-state index contributed by atoms with van der Waals surface area (Å²) in [6, 6.07) is 1.53. The van der Waals surface area contributed by atoms with Crippen molar-refractivity contribution in [3.05, 3.63) is 0 Å². The zero-order chi connectivity index (χ0) is 11.8. The van der Waals surface area contributed by atoms with Crippen molar-refractivity contribution in [2.24, 2.45) is 0 Å². The predicted octanol–water partition coefficient (Wildman–Crippen LogP) is 3.03. The molecule has 1 heterocycles. The Kier molecular flexibility index (Phi) is 7.06. The highest BCUT2D eigenvalue weighted by atomic mass is 15.2. The molecule has 1 fully saturated rings. The molecule has 0 aromatic rings. The Labute approximate surface area is 102 Å². The van der Waals surface area contributed by atoms with Gasteiger partial charge in [0.05, 0.1) is 0 Å². The van der Waals surface area contributed by atoms with Gasteiger partial charge in [-0.1, -0.05) is 19.8 Å². The van der Waals surface area contributed by atoms with Gasteiger partial charge in [0.1, 0.15) is 0 Å². The summed E-state index contributed by atoms with van der Waals surface area (Å²) in [5.74, 6) is 0. The molecule has 0 aliphatic carbocycles. The highest BCUT2D eigenvalue weighted by Gasteiger charge is 2.21. The summed E-state index contributed by atoms with van der Waals surface area (Å²) in [5, 5.41) is 3.51. The average Bonchev–Trinajstić information content (AvgIpc) is 2.52. The van der Waals surface area contributed by atoms with Crippen LogP contribution in [-0.2, 0) is 0 Å². The quantitative estimate of drug-likeness (QED) is 0.700. The average molecular weight is 226 g/mol. The van der Waals surface area contributed by atoms with Crippen molar-refractivity contribution in [3.63, 3.8) is 0 Å². The van der Waals surface area contributed by atoms with Gasteiger partial charge in [-0.15, -0.1) is 0 Å². The number of nitrogens with one attached hydrogen (secondary N) is 1. The molecule has 1 atom stereocenters. The number of hydrogen-bond acceptors (Lipinski definition) is 2. The van der Waals surface area contributed by atoms with Crippen molar-refractivity contribution in [2.45, 2.75) is 71.4 Å². The first-order chi connectivity index (χ1) is 7.75. The van der Waals surface area contributed by atoms with Crippen LogP contribution in [0.25, 0.3) is 0 Å². The molecule has 1 rings (SSSR count). The first-order valence-electron chi connectivity index (χ1n) is 7.22. The van der Waals surface area contributed by atoms with Crippen LogP contribution in [0.5, 0.6) is 0 Å². The van der Waals surface area contributed by atoms with Gasteiger partial charge in [-0.05, 0) is 59.2 Å². The fourth-order valence-electron chi connectivity index (χ4n) is 2.74. The maximum atomic E-state index is 3.51. The maximum absolute atomic E-state index is 3.51. The Morgan fingerprint density at radius 1 is 1.19 bits per heavy atom. The van der Waals surface area contributed by atoms with Crippen LogP contribution >= 0.6 is 0 Å². The standard InChI is InChI=1S/C14H30N2/c1-4-5-6-12-16(13(2)3)14-8-7-10-15-11-9-14/h13-15H,4-12H2,1-3H3. The Bertz CT molecular complexity index is 160. The van der Waals surface area contributed by atoms with Crippen LogP contribution in [0.1, 0.15) is 59.3 Å². The van der Waals surface area contributed by atoms with Gasteiger partial charge < -0.3 is 5.32 Å². The second-order valence-corrected chi connectivity index (χ2v) is 5.37. The molecule has 0 aromatic heterocycles. The SMILES string of the molecule is CCCCCN(C(C)C)C1CCCNCC1. The molecule has 0 bridgehead atoms. The third-order valence-electron chi connectivity index (χ3n) is 3.70. The van der Waals surface area contributed by atoms with Crippen molar-refractivity contribution in [2.75, 3.05) is 19.6 Å². The first kappa shape index (κ1) is 14.0. The topological polar surface area (TPSA) is 15.3 Å². The fraction of sp³-hybridized carbons (Fsp3) is 1.00. The van der Waals surface area contributed by atoms with Crippen molar-refractivity contribution in [1.82, 2.24) is 10.2 Å². The van der Waals surface area contributed by atoms with Crippen LogP contribution in [0, 0.1) is 0 Å². The highest BCUT2D eigenvalue weighted by Crippen LogP contribution is 2.17. The molecule has 1 aliphatic heterocycles. The minimum absolute atomic E-state index is 0.708. The molecule has 0 amide bonds. The molecular formula is C14H30N2. The van der Waals surface area contributed by atoms with E-state index >= 15 is 0 Å². The molecule has 0 saturated carbocycles. The van der Waals surface area contributed by atoms with Gasteiger partial charge in [-0.2, -0.15) is 0 Å². The van der Waals surface area contributed by atoms with Gasteiger partial charge in [-0.3, -0.25) is 4.90 Å². The van der Waals surface area contributed by atoms with E-state index in [0.717, 1.165) is 6.04 Å². The van der Waals surface area contributed by atoms with Crippen molar-refractivity contribution in [3.8, 4) is 0 Å². The lowest BCUT2D eigenvalue weighted by Crippen LogP contribution is -2.41. The van der Waals surface area contributed by atoms with E-state index in [1.165, 1.54) is 58.2 Å². The molecule has 0 aromatic carbocycles. The zero-order valence-electron chi connectivity index (χ0n) is 11.5. The minimum Gasteiger partial charge on any atom is -0.317 e. The number of hydrogen-bond donors (Lipinski definition) is 1. The largest absolute Gasteiger partial charge is 0.317 e. The third-order valence-corrected chi connectivity index (χ3v) is 3.70. The van der Waals surface area contributed by atoms with Crippen molar-refractivity contribution in [1.29, 1.82) is 0 Å². The molecule has 2 heteroatoms. The summed E-state index contributed by atoms with van der Waals surface area (Å²) in [5.41, 5.74) is 0. The molecular weight excluding hydrogens is 196 g/mol. The summed E-state index contributed by atoms with van der Waals surface area (Å²) in [7, 11) is 0. The van der Waals surface area contributed by atoms with E-state index in [1.54, 1.807) is 0 Å². The second-order valence-electron chi connectivity index (χ2n) is 5.37. The van der Waals surface area contributed by atoms with Crippen LogP contribution in [0.3, 0.4) is 0 Å². The van der Waals surface area contributed by atoms with Crippen LogP contribution in [0.15, 0.2) is 0 Å². The Morgan fingerprint density at radius 2 is 2.00 bits per heavy atom. The van der Waals surface area contributed by atoms with E-state index in [-0.39, 0.29) is 0 Å². The first-order valence-corrected chi connectivity index (χ1v) is 7.22. The van der Waals surface area contributed by atoms with Crippen molar-refractivity contribution >= 4 is 0 Å². The van der Waals surface area contributed by atoms with E-state index in [9.17, 15) is 0 Å². The van der Waals surface area contributed by atoms with E-state index in [2.05, 4.69) is 31.0 Å². The van der Waals surface area contributed by atoms with Gasteiger partial charge >= 0.3 is 0 Å². The Morgan fingerprint density at radius 3 is 2.69 bits per heavy atom. The summed E-state index contributed by atoms with van der Waals surface area (Å²) in [6.45, 7) is 10.7. The Hall–Kier alpha value is -0.0800. The van der Waals surface area contributed by atoms with E-state index in [0.29, 0.717) is 6.04 Å². The molecule has 1 aliphatic rings. The lowest BCUT2D eigenvalue weighted by atomic mass is 10.0. The molecule has 2 nitrogen and oxygen atoms in total. The fourth-order valence-corrected chi connectivity index (χ4v) is 2.74. The molecule has 1 saturated heterocycles. The summed E-state index contributed by atoms with van der Waals surface area (Å²) in [6.07, 6.45) is 8.16. The molecule has 0 spiro atoms. The summed E-state index contributed by atoms with van der Waals surface area (Å²) in [4.78, 5) is 2.74. The summed E-state index contributed by atoms with van der Waals surface area (Å²) < 4.78 is 0. The van der Waals surface area contributed by atoms with Crippen LogP contribution < -0.4 is 5.32 Å². The third kappa shape index (κ3) is 4.84. The molecule has 0 radical (unpaired) electrons. The number of nitrogens with zero attached hydrogens (tertiary/aromatic N) is 1. The maximum Gasteiger partial charge on any atom is 0.0110 e. The van der Waals surface area contributed by atoms with Crippen LogP contribution in [0.4, 0.5) is 0 Å². The summed E-state index contributed by atoms with van der Waals surface area (Å²) >= 11 is 0. The monoisotopic (exact) mass is 226 g/mol. The van der Waals surface area contributed by atoms with E-state index in [1.807, 2.05) is 0 Å². The lowest BCUT2D eigenvalue weighted by Gasteiger charge is -2.34. The van der Waals surface area contributed by atoms with E-state index in [4.69, 9.17) is 0 Å². The van der Waals surface area contributed by atoms with Gasteiger partial charge in [0.2, 0.25) is 0 Å². The van der Waals surface area contributed by atoms with Crippen molar-refractivity contribution < 1.29 is 0 Å². The van der Waals surface area contributed by atoms with Gasteiger partial charge in [-0.25, -0.2) is 0 Å². The van der Waals surface area contributed by atoms with Gasteiger partial charge in [0, 0.05) is 12.1 Å². The highest BCUT2D eigenvalue weighted by molar-refractivity contribution is 4.78. The number of rotatable bonds is 6. The second kappa shape index (κ2) is 8.08.